The molecule has 6 atom stereocenters. The third-order valence-corrected chi connectivity index (χ3v) is 7.20. The topological polar surface area (TPSA) is 330 Å². The zero-order chi connectivity index (χ0) is 20.0. The van der Waals surface area contributed by atoms with Gasteiger partial charge in [0.25, 0.3) is 15.6 Å². The quantitative estimate of drug-likeness (QED) is 0.210. The summed E-state index contributed by atoms with van der Waals surface area (Å²) in [6, 6.07) is 0. The van der Waals surface area contributed by atoms with Crippen LogP contribution in [-0.2, 0) is 44.6 Å². The molecule has 0 aromatic rings. The molecule has 0 aliphatic carbocycles. The normalized spacial score (nSPS) is 21.3. The molecule has 0 aliphatic rings. The van der Waals surface area contributed by atoms with Crippen molar-refractivity contribution < 1.29 is 74.0 Å². The van der Waals surface area contributed by atoms with Gasteiger partial charge in [0.1, 0.15) is 16.5 Å². The molecule has 0 aromatic carbocycles. The van der Waals surface area contributed by atoms with Crippen molar-refractivity contribution in [2.75, 3.05) is 0 Å². The molecule has 148 valence electrons. The van der Waals surface area contributed by atoms with Gasteiger partial charge in [0.15, 0.2) is 0 Å². The molecule has 0 saturated heterocycles. The maximum absolute atomic E-state index is 10.2. The Morgan fingerprint density at radius 1 is 0.630 bits per heavy atom. The number of hydrogen-bond donors (Lipinski definition) is 2. The fourth-order valence-corrected chi connectivity index (χ4v) is 5.05. The van der Waals surface area contributed by atoms with E-state index in [0.717, 1.165) is 0 Å². The van der Waals surface area contributed by atoms with E-state index in [9.17, 15) is 56.8 Å². The monoisotopic (exact) mass is 548 g/mol. The van der Waals surface area contributed by atoms with Crippen LogP contribution in [0.2, 0.25) is 0 Å². The van der Waals surface area contributed by atoms with Gasteiger partial charge in [0.05, 0.1) is 0 Å². The minimum absolute atomic E-state index is 0. The Morgan fingerprint density at radius 2 is 0.815 bits per heavy atom. The van der Waals surface area contributed by atoms with Crippen molar-refractivity contribution in [2.45, 2.75) is 0 Å². The van der Waals surface area contributed by atoms with Crippen LogP contribution < -0.4 is 40.4 Å². The summed E-state index contributed by atoms with van der Waals surface area (Å²) in [5.41, 5.74) is 8.26. The van der Waals surface area contributed by atoms with E-state index in [1.807, 2.05) is 0 Å². The van der Waals surface area contributed by atoms with Crippen molar-refractivity contribution in [3.05, 3.63) is 0 Å². The van der Waals surface area contributed by atoms with Crippen LogP contribution in [0.1, 0.15) is 0 Å². The molecule has 0 saturated carbocycles. The molecule has 0 fully saturated rings. The van der Waals surface area contributed by atoms with Crippen molar-refractivity contribution in [2.24, 2.45) is 11.0 Å². The summed E-state index contributed by atoms with van der Waals surface area (Å²) in [6.45, 7) is 0. The second-order valence-corrected chi connectivity index (χ2v) is 10.5. The van der Waals surface area contributed by atoms with E-state index in [-0.39, 0.29) is 69.2 Å². The predicted octanol–water partition coefficient (Wildman–Crippen LogP) is -5.81. The van der Waals surface area contributed by atoms with E-state index >= 15 is 0 Å². The summed E-state index contributed by atoms with van der Waals surface area (Å²) in [7, 11) is -29.1. The van der Waals surface area contributed by atoms with Gasteiger partial charge < -0.3 is 38.5 Å². The third kappa shape index (κ3) is 34.0. The summed E-state index contributed by atoms with van der Waals surface area (Å²) < 4.78 is 72.2. The van der Waals surface area contributed by atoms with Crippen LogP contribution in [0.3, 0.4) is 0 Å². The molecule has 0 bridgehead atoms. The van der Waals surface area contributed by atoms with Gasteiger partial charge >= 0.3 is 69.2 Å². The van der Waals surface area contributed by atoms with Crippen LogP contribution in [0.15, 0.2) is 0 Å². The molecule has 4 N–H and O–H groups in total. The van der Waals surface area contributed by atoms with E-state index in [4.69, 9.17) is 0 Å². The Hall–Kier alpha value is 3.20. The minimum Gasteiger partial charge on any atom is -0.781 e. The SMILES string of the molecule is NP(=O)([O-])OP(=O)([O-])O[PH](=O)[O-].NP(=O)([O-])OP(=O)([O-])O[PH](=O)[O-].[Mg+2].[Mg+2].[Mg+2]. The summed E-state index contributed by atoms with van der Waals surface area (Å²) in [5, 5.41) is 0. The Morgan fingerprint density at radius 3 is 0.926 bits per heavy atom. The first-order chi connectivity index (χ1) is 10.2. The average molecular weight is 549 g/mol. The van der Waals surface area contributed by atoms with Crippen LogP contribution in [0.25, 0.3) is 0 Å². The van der Waals surface area contributed by atoms with Crippen molar-refractivity contribution >= 4 is 117 Å². The summed E-state index contributed by atoms with van der Waals surface area (Å²) >= 11 is 0. The van der Waals surface area contributed by atoms with Crippen LogP contribution in [-0.4, -0.2) is 69.2 Å². The van der Waals surface area contributed by atoms with Crippen LogP contribution in [0, 0.1) is 0 Å². The third-order valence-electron chi connectivity index (χ3n) is 0.800. The van der Waals surface area contributed by atoms with Crippen molar-refractivity contribution in [3.63, 3.8) is 0 Å². The second kappa shape index (κ2) is 16.8. The van der Waals surface area contributed by atoms with Gasteiger partial charge in [0, 0.05) is 0 Å². The van der Waals surface area contributed by atoms with Gasteiger partial charge in [-0.1, -0.05) is 0 Å². The van der Waals surface area contributed by atoms with Gasteiger partial charge in [-0.25, -0.2) is 0 Å². The van der Waals surface area contributed by atoms with E-state index in [1.54, 1.807) is 0 Å². The van der Waals surface area contributed by atoms with Crippen LogP contribution in [0.5, 0.6) is 0 Å². The Kier molecular flexibility index (Phi) is 25.2. The number of nitrogens with two attached hydrogens (primary N) is 2. The molecule has 0 rings (SSSR count). The zero-order valence-corrected chi connectivity index (χ0v) is 22.4. The van der Waals surface area contributed by atoms with Gasteiger partial charge in [-0.05, 0) is 0 Å². The summed E-state index contributed by atoms with van der Waals surface area (Å²) in [4.78, 5) is 59.7. The molecule has 0 amide bonds. The minimum atomic E-state index is -5.40. The molecule has 27 heavy (non-hydrogen) atoms. The van der Waals surface area contributed by atoms with E-state index in [2.05, 4.69) is 28.3 Å². The fraction of sp³-hybridized carbons (Fsp3) is 0. The summed E-state index contributed by atoms with van der Waals surface area (Å²) in [5.74, 6) is 0. The number of rotatable bonds is 8. The zero-order valence-electron chi connectivity index (χ0n) is 12.6. The Bertz CT molecular complexity index is 593. The molecule has 0 spiro atoms. The molecule has 0 heterocycles. The standard InChI is InChI=1S/3Mg.2H6NO8P3/c;;;2*1-11(4,5)9-12(6,7)8-10(2)3/h;;;2*10H,(H,2,3)(H,6,7)(H3,1,4,5)/q3*+2;;/p-6. The van der Waals surface area contributed by atoms with Gasteiger partial charge in [-0.2, -0.15) is 0 Å². The van der Waals surface area contributed by atoms with Gasteiger partial charge in [0.2, 0.25) is 15.5 Å². The van der Waals surface area contributed by atoms with Crippen molar-refractivity contribution in [1.82, 2.24) is 0 Å². The van der Waals surface area contributed by atoms with Crippen LogP contribution in [0.4, 0.5) is 0 Å². The average Bonchev–Trinajstić information content (AvgIpc) is 2.02. The Labute approximate surface area is 200 Å². The largest absolute Gasteiger partial charge is 2.00 e. The second-order valence-electron chi connectivity index (χ2n) is 2.82. The van der Waals surface area contributed by atoms with E-state index in [1.165, 1.54) is 0 Å². The Balaban J connectivity index is -0.000000108. The number of phosphoric acid groups is 2. The molecule has 18 nitrogen and oxygen atoms in total. The molecule has 6 unspecified atom stereocenters. The maximum atomic E-state index is 10.2. The predicted molar refractivity (Wildman–Crippen MR) is 78.4 cm³/mol. The molecule has 0 radical (unpaired) electrons. The van der Waals surface area contributed by atoms with Crippen molar-refractivity contribution in [1.29, 1.82) is 0 Å². The smallest absolute Gasteiger partial charge is 0.781 e. The first kappa shape index (κ1) is 40.5. The maximum Gasteiger partial charge on any atom is 2.00 e. The van der Waals surface area contributed by atoms with Gasteiger partial charge in [-0.3, -0.25) is 46.5 Å². The summed E-state index contributed by atoms with van der Waals surface area (Å²) in [6.07, 6.45) is 0. The molecule has 27 heteroatoms. The van der Waals surface area contributed by atoms with E-state index < -0.39 is 47.6 Å². The first-order valence-corrected chi connectivity index (χ1v) is 12.9. The van der Waals surface area contributed by atoms with Gasteiger partial charge in [-0.15, -0.1) is 0 Å². The number of hydrogen-bond acceptors (Lipinski definition) is 16. The molecular formula is H6Mg3N2O16P6. The first-order valence-electron chi connectivity index (χ1n) is 4.30. The van der Waals surface area contributed by atoms with Crippen LogP contribution >= 0.6 is 47.6 Å². The molecular weight excluding hydrogens is 543 g/mol. The molecule has 0 aromatic heterocycles. The van der Waals surface area contributed by atoms with Crippen molar-refractivity contribution in [3.8, 4) is 0 Å². The molecule has 0 aliphatic heterocycles. The fourth-order valence-electron chi connectivity index (χ4n) is 0.495. The van der Waals surface area contributed by atoms with E-state index in [0.29, 0.717) is 0 Å².